The molecule has 0 fully saturated rings. The molecule has 1 atom stereocenters. The van der Waals surface area contributed by atoms with Crippen molar-refractivity contribution in [3.8, 4) is 0 Å². The Hall–Kier alpha value is -1.35. The summed E-state index contributed by atoms with van der Waals surface area (Å²) < 4.78 is 2.06. The first kappa shape index (κ1) is 23.7. The molecule has 0 spiro atoms. The molecule has 0 amide bonds. The number of aliphatic imine (C=N–C) groups is 1. The second-order valence-electron chi connectivity index (χ2n) is 6.69. The average Bonchev–Trinajstić information content (AvgIpc) is 3.07. The van der Waals surface area contributed by atoms with E-state index in [4.69, 9.17) is 16.6 Å². The van der Waals surface area contributed by atoms with E-state index in [9.17, 15) is 0 Å². The lowest BCUT2D eigenvalue weighted by Gasteiger charge is -2.20. The summed E-state index contributed by atoms with van der Waals surface area (Å²) in [5, 5.41) is 15.7. The molecule has 1 heterocycles. The fourth-order valence-corrected chi connectivity index (χ4v) is 2.87. The lowest BCUT2D eigenvalue weighted by molar-refractivity contribution is 0.609. The Morgan fingerprint density at radius 3 is 2.67 bits per heavy atom. The van der Waals surface area contributed by atoms with E-state index in [-0.39, 0.29) is 30.0 Å². The molecule has 27 heavy (non-hydrogen) atoms. The zero-order valence-electron chi connectivity index (χ0n) is 16.4. The molecular weight excluding hydrogens is 475 g/mol. The summed E-state index contributed by atoms with van der Waals surface area (Å²) in [4.78, 5) is 4.69. The Bertz CT molecular complexity index is 716. The van der Waals surface area contributed by atoms with Gasteiger partial charge in [0.2, 0.25) is 0 Å². The molecule has 0 aliphatic heterocycles. The Labute approximate surface area is 184 Å². The highest BCUT2D eigenvalue weighted by molar-refractivity contribution is 14.0. The van der Waals surface area contributed by atoms with E-state index in [2.05, 4.69) is 53.1 Å². The van der Waals surface area contributed by atoms with E-state index in [0.29, 0.717) is 5.92 Å². The average molecular weight is 505 g/mol. The standard InChI is InChI=1S/C19H29ClN6.HI/c1-5-18-25-23-13-26(18)11-10-21-19(22-12-14(2)3)24-15(4)16-8-6-7-9-17(16)20;/h6-9,13-15H,5,10-12H2,1-4H3,(H2,21,22,24);1H. The first-order chi connectivity index (χ1) is 12.5. The highest BCUT2D eigenvalue weighted by Gasteiger charge is 2.11. The molecule has 0 bridgehead atoms. The van der Waals surface area contributed by atoms with Gasteiger partial charge in [-0.15, -0.1) is 34.2 Å². The molecule has 0 aliphatic carbocycles. The number of hydrogen-bond donors (Lipinski definition) is 2. The van der Waals surface area contributed by atoms with Gasteiger partial charge in [-0.2, -0.15) is 0 Å². The summed E-state index contributed by atoms with van der Waals surface area (Å²) in [6.07, 6.45) is 2.64. The summed E-state index contributed by atoms with van der Waals surface area (Å²) in [5.74, 6) is 2.27. The van der Waals surface area contributed by atoms with Gasteiger partial charge in [0.15, 0.2) is 5.96 Å². The van der Waals surface area contributed by atoms with Gasteiger partial charge >= 0.3 is 0 Å². The van der Waals surface area contributed by atoms with Gasteiger partial charge in [0, 0.05) is 31.1 Å². The van der Waals surface area contributed by atoms with E-state index >= 15 is 0 Å². The Balaban J connectivity index is 0.00000364. The van der Waals surface area contributed by atoms with Gasteiger partial charge in [0.05, 0.1) is 6.04 Å². The van der Waals surface area contributed by atoms with E-state index < -0.39 is 0 Å². The summed E-state index contributed by atoms with van der Waals surface area (Å²) in [7, 11) is 0. The third kappa shape index (κ3) is 7.65. The minimum absolute atomic E-state index is 0. The Morgan fingerprint density at radius 1 is 1.26 bits per heavy atom. The van der Waals surface area contributed by atoms with Gasteiger partial charge in [-0.1, -0.05) is 50.6 Å². The monoisotopic (exact) mass is 504 g/mol. The van der Waals surface area contributed by atoms with E-state index in [1.165, 1.54) is 0 Å². The first-order valence-corrected chi connectivity index (χ1v) is 9.55. The minimum atomic E-state index is 0. The van der Waals surface area contributed by atoms with Crippen molar-refractivity contribution in [1.82, 2.24) is 25.4 Å². The van der Waals surface area contributed by atoms with Crippen molar-refractivity contribution in [3.63, 3.8) is 0 Å². The van der Waals surface area contributed by atoms with E-state index in [1.54, 1.807) is 6.33 Å². The molecule has 0 saturated carbocycles. The third-order valence-electron chi connectivity index (χ3n) is 4.00. The number of nitrogens with zero attached hydrogens (tertiary/aromatic N) is 4. The number of hydrogen-bond acceptors (Lipinski definition) is 3. The molecule has 6 nitrogen and oxygen atoms in total. The molecule has 2 rings (SSSR count). The number of aromatic nitrogens is 3. The predicted octanol–water partition coefficient (Wildman–Crippen LogP) is 4.06. The first-order valence-electron chi connectivity index (χ1n) is 9.17. The van der Waals surface area contributed by atoms with Gasteiger partial charge in [0.1, 0.15) is 12.2 Å². The maximum atomic E-state index is 6.32. The van der Waals surface area contributed by atoms with Crippen LogP contribution < -0.4 is 10.6 Å². The quantitative estimate of drug-likeness (QED) is 0.323. The van der Waals surface area contributed by atoms with Crippen LogP contribution in [0.15, 0.2) is 35.6 Å². The van der Waals surface area contributed by atoms with Crippen LogP contribution in [0.2, 0.25) is 5.02 Å². The SMILES string of the molecule is CCc1nncn1CCNC(=NCC(C)C)NC(C)c1ccccc1Cl.I. The van der Waals surface area contributed by atoms with Crippen LogP contribution in [0.3, 0.4) is 0 Å². The van der Waals surface area contributed by atoms with Crippen LogP contribution in [0.1, 0.15) is 45.1 Å². The summed E-state index contributed by atoms with van der Waals surface area (Å²) in [6.45, 7) is 10.8. The molecule has 2 aromatic rings. The lowest BCUT2D eigenvalue weighted by atomic mass is 10.1. The minimum Gasteiger partial charge on any atom is -0.355 e. The second-order valence-corrected chi connectivity index (χ2v) is 7.10. The highest BCUT2D eigenvalue weighted by Crippen LogP contribution is 2.21. The van der Waals surface area contributed by atoms with Crippen molar-refractivity contribution in [3.05, 3.63) is 47.0 Å². The molecular formula is C19H30ClIN6. The van der Waals surface area contributed by atoms with Gasteiger partial charge in [-0.25, -0.2) is 0 Å². The Kier molecular flexibility index (Phi) is 10.7. The van der Waals surface area contributed by atoms with E-state index in [0.717, 1.165) is 48.4 Å². The maximum absolute atomic E-state index is 6.32. The van der Waals surface area contributed by atoms with Gasteiger partial charge in [-0.3, -0.25) is 4.99 Å². The molecule has 8 heteroatoms. The molecule has 1 aromatic carbocycles. The number of benzene rings is 1. The fourth-order valence-electron chi connectivity index (χ4n) is 2.57. The summed E-state index contributed by atoms with van der Waals surface area (Å²) >= 11 is 6.32. The van der Waals surface area contributed by atoms with Crippen molar-refractivity contribution in [2.75, 3.05) is 13.1 Å². The smallest absolute Gasteiger partial charge is 0.191 e. The van der Waals surface area contributed by atoms with E-state index in [1.807, 2.05) is 24.3 Å². The molecule has 0 saturated heterocycles. The maximum Gasteiger partial charge on any atom is 0.191 e. The van der Waals surface area contributed by atoms with Crippen molar-refractivity contribution >= 4 is 41.5 Å². The van der Waals surface area contributed by atoms with Crippen molar-refractivity contribution in [2.24, 2.45) is 10.9 Å². The largest absolute Gasteiger partial charge is 0.355 e. The van der Waals surface area contributed by atoms with Crippen molar-refractivity contribution < 1.29 is 0 Å². The zero-order chi connectivity index (χ0) is 18.9. The zero-order valence-corrected chi connectivity index (χ0v) is 19.5. The molecule has 0 aliphatic rings. The van der Waals surface area contributed by atoms with Crippen LogP contribution >= 0.6 is 35.6 Å². The molecule has 2 N–H and O–H groups in total. The van der Waals surface area contributed by atoms with Crippen molar-refractivity contribution in [2.45, 2.75) is 46.7 Å². The number of nitrogens with one attached hydrogen (secondary N) is 2. The van der Waals surface area contributed by atoms with Crippen LogP contribution in [-0.2, 0) is 13.0 Å². The predicted molar refractivity (Wildman–Crippen MR) is 123 cm³/mol. The molecule has 1 unspecified atom stereocenters. The number of rotatable bonds is 8. The van der Waals surface area contributed by atoms with Crippen LogP contribution in [-0.4, -0.2) is 33.8 Å². The summed E-state index contributed by atoms with van der Waals surface area (Å²) in [5.41, 5.74) is 1.06. The number of aryl methyl sites for hydroxylation is 1. The van der Waals surface area contributed by atoms with Crippen LogP contribution in [0, 0.1) is 5.92 Å². The normalized spacial score (nSPS) is 12.6. The molecule has 1 aromatic heterocycles. The van der Waals surface area contributed by atoms with Gasteiger partial charge in [0.25, 0.3) is 0 Å². The topological polar surface area (TPSA) is 67.1 Å². The van der Waals surface area contributed by atoms with Gasteiger partial charge in [-0.05, 0) is 24.5 Å². The lowest BCUT2D eigenvalue weighted by Crippen LogP contribution is -2.40. The summed E-state index contributed by atoms with van der Waals surface area (Å²) in [6, 6.07) is 7.94. The van der Waals surface area contributed by atoms with Gasteiger partial charge < -0.3 is 15.2 Å². The fraction of sp³-hybridized carbons (Fsp3) is 0.526. The highest BCUT2D eigenvalue weighted by atomic mass is 127. The van der Waals surface area contributed by atoms with Crippen LogP contribution in [0.4, 0.5) is 0 Å². The molecule has 150 valence electrons. The van der Waals surface area contributed by atoms with Crippen LogP contribution in [0.5, 0.6) is 0 Å². The van der Waals surface area contributed by atoms with Crippen molar-refractivity contribution in [1.29, 1.82) is 0 Å². The third-order valence-corrected chi connectivity index (χ3v) is 4.34. The number of halogens is 2. The number of guanidine groups is 1. The van der Waals surface area contributed by atoms with Crippen LogP contribution in [0.25, 0.3) is 0 Å². The second kappa shape index (κ2) is 12.2. The Morgan fingerprint density at radius 2 is 2.00 bits per heavy atom. The molecule has 0 radical (unpaired) electrons.